The molecule has 0 atom stereocenters. The van der Waals surface area contributed by atoms with Crippen molar-refractivity contribution in [3.8, 4) is 67.4 Å². The standard InChI is InChI=1S/C49H31N3/c1-3-12-32(13-4-1)38-25-21-34-24-28-43-39(26-22-35-23-27-42(38)47(34)48(35)43)36-16-11-17-37(30-36)49-51-45(33-14-5-2-6-15-33)31-46(52-49)41-19-8-7-18-40(41)44-20-9-10-29-50-44/h1-31H. The van der Waals surface area contributed by atoms with E-state index in [1.165, 1.54) is 49.0 Å². The molecule has 0 unspecified atom stereocenters. The smallest absolute Gasteiger partial charge is 0.160 e. The van der Waals surface area contributed by atoms with Crippen molar-refractivity contribution in [2.75, 3.05) is 0 Å². The Morgan fingerprint density at radius 2 is 0.846 bits per heavy atom. The number of hydrogen-bond acceptors (Lipinski definition) is 3. The van der Waals surface area contributed by atoms with Crippen molar-refractivity contribution in [2.24, 2.45) is 0 Å². The minimum Gasteiger partial charge on any atom is -0.256 e. The van der Waals surface area contributed by atoms with Crippen LogP contribution in [0.15, 0.2) is 188 Å². The molecule has 242 valence electrons. The average molecular weight is 662 g/mol. The molecule has 0 bridgehead atoms. The van der Waals surface area contributed by atoms with Gasteiger partial charge >= 0.3 is 0 Å². The Morgan fingerprint density at radius 3 is 1.52 bits per heavy atom. The van der Waals surface area contributed by atoms with Crippen LogP contribution in [0.25, 0.3) is 99.7 Å². The van der Waals surface area contributed by atoms with Crippen LogP contribution in [0.5, 0.6) is 0 Å². The highest BCUT2D eigenvalue weighted by molar-refractivity contribution is 6.27. The Balaban J connectivity index is 1.15. The van der Waals surface area contributed by atoms with Gasteiger partial charge in [0.25, 0.3) is 0 Å². The molecule has 2 aromatic heterocycles. The van der Waals surface area contributed by atoms with Gasteiger partial charge in [0.2, 0.25) is 0 Å². The van der Waals surface area contributed by atoms with Gasteiger partial charge in [-0.05, 0) is 78.8 Å². The van der Waals surface area contributed by atoms with E-state index in [2.05, 4.69) is 163 Å². The third-order valence-electron chi connectivity index (χ3n) is 10.1. The fourth-order valence-corrected chi connectivity index (χ4v) is 7.67. The third kappa shape index (κ3) is 5.10. The second-order valence-corrected chi connectivity index (χ2v) is 13.2. The summed E-state index contributed by atoms with van der Waals surface area (Å²) in [5.74, 6) is 0.680. The first kappa shape index (κ1) is 29.9. The quantitative estimate of drug-likeness (QED) is 0.166. The predicted molar refractivity (Wildman–Crippen MR) is 216 cm³/mol. The Bertz CT molecular complexity index is 2880. The molecule has 0 saturated carbocycles. The van der Waals surface area contributed by atoms with Gasteiger partial charge in [-0.25, -0.2) is 9.97 Å². The van der Waals surface area contributed by atoms with Gasteiger partial charge in [-0.3, -0.25) is 4.98 Å². The Labute approximate surface area is 301 Å². The third-order valence-corrected chi connectivity index (χ3v) is 10.1. The second kappa shape index (κ2) is 12.4. The van der Waals surface area contributed by atoms with E-state index in [4.69, 9.17) is 9.97 Å². The zero-order valence-electron chi connectivity index (χ0n) is 28.2. The van der Waals surface area contributed by atoms with E-state index < -0.39 is 0 Å². The highest BCUT2D eigenvalue weighted by Crippen LogP contribution is 2.43. The van der Waals surface area contributed by atoms with E-state index in [1.54, 1.807) is 0 Å². The highest BCUT2D eigenvalue weighted by Gasteiger charge is 2.17. The molecule has 3 heteroatoms. The molecule has 10 aromatic rings. The summed E-state index contributed by atoms with van der Waals surface area (Å²) in [5.41, 5.74) is 11.5. The minimum atomic E-state index is 0.680. The molecule has 0 N–H and O–H groups in total. The number of hydrogen-bond donors (Lipinski definition) is 0. The molecule has 52 heavy (non-hydrogen) atoms. The maximum atomic E-state index is 5.25. The van der Waals surface area contributed by atoms with Gasteiger partial charge in [-0.15, -0.1) is 0 Å². The van der Waals surface area contributed by atoms with Crippen molar-refractivity contribution in [1.82, 2.24) is 15.0 Å². The lowest BCUT2D eigenvalue weighted by molar-refractivity contribution is 1.18. The van der Waals surface area contributed by atoms with Crippen LogP contribution in [-0.4, -0.2) is 15.0 Å². The van der Waals surface area contributed by atoms with Gasteiger partial charge in [-0.2, -0.15) is 0 Å². The first-order chi connectivity index (χ1) is 25.8. The number of nitrogens with zero attached hydrogens (tertiary/aromatic N) is 3. The first-order valence-corrected chi connectivity index (χ1v) is 17.6. The molecular formula is C49H31N3. The lowest BCUT2D eigenvalue weighted by Crippen LogP contribution is -1.97. The molecule has 0 radical (unpaired) electrons. The van der Waals surface area contributed by atoms with Crippen LogP contribution in [-0.2, 0) is 0 Å². The first-order valence-electron chi connectivity index (χ1n) is 17.6. The highest BCUT2D eigenvalue weighted by atomic mass is 14.9. The molecule has 2 heterocycles. The minimum absolute atomic E-state index is 0.680. The van der Waals surface area contributed by atoms with Crippen molar-refractivity contribution in [3.05, 3.63) is 188 Å². The molecule has 3 nitrogen and oxygen atoms in total. The summed E-state index contributed by atoms with van der Waals surface area (Å²) < 4.78 is 0. The van der Waals surface area contributed by atoms with E-state index in [0.717, 1.165) is 44.9 Å². The van der Waals surface area contributed by atoms with Crippen molar-refractivity contribution >= 4 is 32.3 Å². The van der Waals surface area contributed by atoms with Crippen molar-refractivity contribution < 1.29 is 0 Å². The maximum absolute atomic E-state index is 5.25. The predicted octanol–water partition coefficient (Wildman–Crippen LogP) is 12.8. The molecule has 10 rings (SSSR count). The van der Waals surface area contributed by atoms with Gasteiger partial charge in [0.05, 0.1) is 17.1 Å². The van der Waals surface area contributed by atoms with Crippen molar-refractivity contribution in [1.29, 1.82) is 0 Å². The number of aromatic nitrogens is 3. The van der Waals surface area contributed by atoms with Gasteiger partial charge in [0.15, 0.2) is 5.82 Å². The zero-order chi connectivity index (χ0) is 34.4. The Morgan fingerprint density at radius 1 is 0.308 bits per heavy atom. The molecule has 0 aliphatic rings. The molecular weight excluding hydrogens is 631 g/mol. The fourth-order valence-electron chi connectivity index (χ4n) is 7.67. The maximum Gasteiger partial charge on any atom is 0.160 e. The fraction of sp³-hybridized carbons (Fsp3) is 0. The van der Waals surface area contributed by atoms with E-state index in [0.29, 0.717) is 5.82 Å². The normalized spacial score (nSPS) is 11.5. The van der Waals surface area contributed by atoms with Gasteiger partial charge in [0.1, 0.15) is 0 Å². The molecule has 8 aromatic carbocycles. The van der Waals surface area contributed by atoms with Crippen LogP contribution in [0.4, 0.5) is 0 Å². The van der Waals surface area contributed by atoms with Crippen LogP contribution in [0.3, 0.4) is 0 Å². The van der Waals surface area contributed by atoms with Crippen LogP contribution < -0.4 is 0 Å². The van der Waals surface area contributed by atoms with Crippen LogP contribution in [0, 0.1) is 0 Å². The Hall–Kier alpha value is -6.97. The number of benzene rings is 8. The SMILES string of the molecule is c1ccc(-c2cc(-c3ccccc3-c3ccccn3)nc(-c3cccc(-c4ccc5ccc6c(-c7ccccc7)ccc7ccc4c5c76)c3)n2)cc1. The molecule has 0 saturated heterocycles. The van der Waals surface area contributed by atoms with E-state index in [9.17, 15) is 0 Å². The summed E-state index contributed by atoms with van der Waals surface area (Å²) in [4.78, 5) is 15.1. The lowest BCUT2D eigenvalue weighted by atomic mass is 9.87. The van der Waals surface area contributed by atoms with E-state index in [-0.39, 0.29) is 0 Å². The molecule has 0 amide bonds. The lowest BCUT2D eigenvalue weighted by Gasteiger charge is -2.17. The van der Waals surface area contributed by atoms with E-state index in [1.807, 2.05) is 30.5 Å². The summed E-state index contributed by atoms with van der Waals surface area (Å²) in [6, 6.07) is 64.3. The van der Waals surface area contributed by atoms with Crippen molar-refractivity contribution in [2.45, 2.75) is 0 Å². The molecule has 0 spiro atoms. The number of pyridine rings is 1. The molecule has 0 aliphatic heterocycles. The number of rotatable bonds is 6. The van der Waals surface area contributed by atoms with Gasteiger partial charge < -0.3 is 0 Å². The largest absolute Gasteiger partial charge is 0.256 e. The molecule has 0 aliphatic carbocycles. The van der Waals surface area contributed by atoms with Gasteiger partial charge in [0, 0.05) is 28.5 Å². The van der Waals surface area contributed by atoms with Crippen LogP contribution >= 0.6 is 0 Å². The van der Waals surface area contributed by atoms with Gasteiger partial charge in [-0.1, -0.05) is 158 Å². The summed E-state index contributed by atoms with van der Waals surface area (Å²) in [6.07, 6.45) is 1.83. The second-order valence-electron chi connectivity index (χ2n) is 13.2. The van der Waals surface area contributed by atoms with E-state index >= 15 is 0 Å². The topological polar surface area (TPSA) is 38.7 Å². The summed E-state index contributed by atoms with van der Waals surface area (Å²) in [7, 11) is 0. The zero-order valence-corrected chi connectivity index (χ0v) is 28.2. The summed E-state index contributed by atoms with van der Waals surface area (Å²) >= 11 is 0. The Kier molecular flexibility index (Phi) is 7.14. The monoisotopic (exact) mass is 661 g/mol. The molecule has 0 fully saturated rings. The van der Waals surface area contributed by atoms with Crippen molar-refractivity contribution in [3.63, 3.8) is 0 Å². The van der Waals surface area contributed by atoms with Crippen LogP contribution in [0.1, 0.15) is 0 Å². The average Bonchev–Trinajstić information content (AvgIpc) is 3.23. The summed E-state index contributed by atoms with van der Waals surface area (Å²) in [5, 5.41) is 7.62. The van der Waals surface area contributed by atoms with Crippen LogP contribution in [0.2, 0.25) is 0 Å². The summed E-state index contributed by atoms with van der Waals surface area (Å²) in [6.45, 7) is 0.